The fourth-order valence-electron chi connectivity index (χ4n) is 1.50. The maximum atomic E-state index is 9.31. The Morgan fingerprint density at radius 2 is 2.06 bits per heavy atom. The molecular weight excluding hydrogens is 202 g/mol. The van der Waals surface area contributed by atoms with Crippen LogP contribution < -0.4 is 0 Å². The van der Waals surface area contributed by atoms with Crippen molar-refractivity contribution in [3.8, 4) is 0 Å². The summed E-state index contributed by atoms with van der Waals surface area (Å²) in [7, 11) is 0. The second-order valence-corrected chi connectivity index (χ2v) is 3.82. The molecule has 1 aromatic carbocycles. The third-order valence-electron chi connectivity index (χ3n) is 2.46. The van der Waals surface area contributed by atoms with Crippen molar-refractivity contribution < 1.29 is 5.11 Å². The molecule has 2 rings (SSSR count). The molecule has 2 aromatic rings. The van der Waals surface area contributed by atoms with Crippen molar-refractivity contribution in [2.45, 2.75) is 26.0 Å². The van der Waals surface area contributed by atoms with Crippen LogP contribution in [0.4, 0.5) is 0 Å². The van der Waals surface area contributed by atoms with Gasteiger partial charge in [-0.3, -0.25) is 4.68 Å². The van der Waals surface area contributed by atoms with E-state index in [1.807, 2.05) is 18.2 Å². The first kappa shape index (κ1) is 10.8. The van der Waals surface area contributed by atoms with Gasteiger partial charge in [-0.05, 0) is 18.9 Å². The van der Waals surface area contributed by atoms with E-state index in [1.54, 1.807) is 17.8 Å². The Balaban J connectivity index is 1.95. The summed E-state index contributed by atoms with van der Waals surface area (Å²) in [6.07, 6.45) is 2.15. The second kappa shape index (κ2) is 4.90. The minimum Gasteiger partial charge on any atom is -0.387 e. The van der Waals surface area contributed by atoms with E-state index in [9.17, 15) is 5.11 Å². The van der Waals surface area contributed by atoms with Gasteiger partial charge in [0.1, 0.15) is 5.69 Å². The normalized spacial score (nSPS) is 12.6. The van der Waals surface area contributed by atoms with Gasteiger partial charge in [0.2, 0.25) is 0 Å². The summed E-state index contributed by atoms with van der Waals surface area (Å²) in [4.78, 5) is 0. The van der Waals surface area contributed by atoms with E-state index in [4.69, 9.17) is 0 Å². The van der Waals surface area contributed by atoms with Crippen LogP contribution in [0.15, 0.2) is 36.5 Å². The Hall–Kier alpha value is -1.68. The minimum absolute atomic E-state index is 0.550. The average Bonchev–Trinajstić information content (AvgIpc) is 2.76. The van der Waals surface area contributed by atoms with Gasteiger partial charge in [0, 0.05) is 6.54 Å². The lowest BCUT2D eigenvalue weighted by molar-refractivity contribution is 0.194. The first-order chi connectivity index (χ1) is 7.75. The molecule has 0 spiro atoms. The van der Waals surface area contributed by atoms with Crippen LogP contribution in [0.25, 0.3) is 0 Å². The van der Waals surface area contributed by atoms with Gasteiger partial charge in [-0.2, -0.15) is 0 Å². The lowest BCUT2D eigenvalue weighted by Gasteiger charge is -2.00. The molecule has 0 amide bonds. The Morgan fingerprint density at radius 1 is 1.31 bits per heavy atom. The van der Waals surface area contributed by atoms with Crippen molar-refractivity contribution in [2.24, 2.45) is 0 Å². The molecule has 0 radical (unpaired) electrons. The van der Waals surface area contributed by atoms with Crippen LogP contribution in [0.1, 0.15) is 24.3 Å². The monoisotopic (exact) mass is 217 g/mol. The van der Waals surface area contributed by atoms with Crippen molar-refractivity contribution in [3.63, 3.8) is 0 Å². The number of hydrogen-bond acceptors (Lipinski definition) is 3. The fourth-order valence-corrected chi connectivity index (χ4v) is 1.50. The van der Waals surface area contributed by atoms with Crippen LogP contribution in [-0.2, 0) is 13.0 Å². The molecule has 0 aliphatic carbocycles. The standard InChI is InChI=1S/C12H15N3O/c1-10(16)12-9-15(14-13-12)8-7-11-5-3-2-4-6-11/h2-6,9-10,16H,7-8H2,1H3. The molecule has 0 bridgehead atoms. The van der Waals surface area contributed by atoms with Gasteiger partial charge in [0.05, 0.1) is 12.3 Å². The summed E-state index contributed by atoms with van der Waals surface area (Å²) in [5.41, 5.74) is 1.89. The second-order valence-electron chi connectivity index (χ2n) is 3.82. The van der Waals surface area contributed by atoms with Gasteiger partial charge < -0.3 is 5.11 Å². The molecular formula is C12H15N3O. The predicted molar refractivity (Wildman–Crippen MR) is 60.8 cm³/mol. The highest BCUT2D eigenvalue weighted by molar-refractivity contribution is 5.14. The van der Waals surface area contributed by atoms with Crippen LogP contribution in [0.5, 0.6) is 0 Å². The van der Waals surface area contributed by atoms with Crippen molar-refractivity contribution in [2.75, 3.05) is 0 Å². The molecule has 0 saturated carbocycles. The maximum Gasteiger partial charge on any atom is 0.111 e. The van der Waals surface area contributed by atoms with Gasteiger partial charge in [-0.15, -0.1) is 5.10 Å². The summed E-state index contributed by atoms with van der Waals surface area (Å²) in [5.74, 6) is 0. The number of nitrogens with zero attached hydrogens (tertiary/aromatic N) is 3. The van der Waals surface area contributed by atoms with Crippen molar-refractivity contribution in [1.29, 1.82) is 0 Å². The third-order valence-corrected chi connectivity index (χ3v) is 2.46. The van der Waals surface area contributed by atoms with Crippen LogP contribution in [0, 0.1) is 0 Å². The highest BCUT2D eigenvalue weighted by Gasteiger charge is 2.05. The molecule has 16 heavy (non-hydrogen) atoms. The lowest BCUT2D eigenvalue weighted by atomic mass is 10.1. The molecule has 4 heteroatoms. The van der Waals surface area contributed by atoms with E-state index in [1.165, 1.54) is 5.56 Å². The van der Waals surface area contributed by atoms with Crippen LogP contribution in [0.3, 0.4) is 0 Å². The first-order valence-corrected chi connectivity index (χ1v) is 5.38. The van der Waals surface area contributed by atoms with Gasteiger partial charge in [0.15, 0.2) is 0 Å². The van der Waals surface area contributed by atoms with E-state index in [2.05, 4.69) is 22.4 Å². The molecule has 0 aliphatic heterocycles. The molecule has 4 nitrogen and oxygen atoms in total. The predicted octanol–water partition coefficient (Wildman–Crippen LogP) is 1.57. The van der Waals surface area contributed by atoms with Gasteiger partial charge in [-0.1, -0.05) is 35.5 Å². The summed E-state index contributed by atoms with van der Waals surface area (Å²) in [6, 6.07) is 10.2. The van der Waals surface area contributed by atoms with E-state index in [-0.39, 0.29) is 0 Å². The summed E-state index contributed by atoms with van der Waals surface area (Å²) in [5, 5.41) is 17.2. The smallest absolute Gasteiger partial charge is 0.111 e. The van der Waals surface area contributed by atoms with E-state index in [0.29, 0.717) is 5.69 Å². The minimum atomic E-state index is -0.550. The largest absolute Gasteiger partial charge is 0.387 e. The van der Waals surface area contributed by atoms with E-state index >= 15 is 0 Å². The molecule has 1 unspecified atom stereocenters. The third kappa shape index (κ3) is 2.67. The van der Waals surface area contributed by atoms with Crippen molar-refractivity contribution in [1.82, 2.24) is 15.0 Å². The molecule has 0 aliphatic rings. The van der Waals surface area contributed by atoms with Gasteiger partial charge in [0.25, 0.3) is 0 Å². The molecule has 1 heterocycles. The van der Waals surface area contributed by atoms with E-state index in [0.717, 1.165) is 13.0 Å². The lowest BCUT2D eigenvalue weighted by Crippen LogP contribution is -2.01. The molecule has 1 aromatic heterocycles. The zero-order valence-corrected chi connectivity index (χ0v) is 9.24. The molecule has 1 N–H and O–H groups in total. The first-order valence-electron chi connectivity index (χ1n) is 5.38. The average molecular weight is 217 g/mol. The number of aliphatic hydroxyl groups excluding tert-OH is 1. The van der Waals surface area contributed by atoms with Crippen LogP contribution in [0.2, 0.25) is 0 Å². The van der Waals surface area contributed by atoms with Crippen LogP contribution in [-0.4, -0.2) is 20.1 Å². The van der Waals surface area contributed by atoms with Gasteiger partial charge in [-0.25, -0.2) is 0 Å². The highest BCUT2D eigenvalue weighted by Crippen LogP contribution is 2.07. The SMILES string of the molecule is CC(O)c1cn(CCc2ccccc2)nn1. The highest BCUT2D eigenvalue weighted by atomic mass is 16.3. The van der Waals surface area contributed by atoms with Crippen LogP contribution >= 0.6 is 0 Å². The Morgan fingerprint density at radius 3 is 2.69 bits per heavy atom. The maximum absolute atomic E-state index is 9.31. The number of aliphatic hydroxyl groups is 1. The summed E-state index contributed by atoms with van der Waals surface area (Å²) in [6.45, 7) is 2.47. The number of aromatic nitrogens is 3. The fraction of sp³-hybridized carbons (Fsp3) is 0.333. The molecule has 1 atom stereocenters. The molecule has 0 saturated heterocycles. The van der Waals surface area contributed by atoms with E-state index < -0.39 is 6.10 Å². The summed E-state index contributed by atoms with van der Waals surface area (Å²) < 4.78 is 1.76. The Kier molecular flexibility index (Phi) is 3.31. The topological polar surface area (TPSA) is 50.9 Å². The van der Waals surface area contributed by atoms with Crippen molar-refractivity contribution >= 4 is 0 Å². The summed E-state index contributed by atoms with van der Waals surface area (Å²) >= 11 is 0. The Labute approximate surface area is 94.5 Å². The van der Waals surface area contributed by atoms with Crippen molar-refractivity contribution in [3.05, 3.63) is 47.8 Å². The number of hydrogen-bond donors (Lipinski definition) is 1. The van der Waals surface area contributed by atoms with Gasteiger partial charge >= 0.3 is 0 Å². The zero-order chi connectivity index (χ0) is 11.4. The number of rotatable bonds is 4. The number of benzene rings is 1. The quantitative estimate of drug-likeness (QED) is 0.845. The molecule has 84 valence electrons. The molecule has 0 fully saturated rings. The Bertz CT molecular complexity index is 437. The zero-order valence-electron chi connectivity index (χ0n) is 9.24. The number of aryl methyl sites for hydroxylation is 2.